The number of anilines is 1. The molecule has 0 aromatic heterocycles. The molecule has 0 aliphatic heterocycles. The number of benzene rings is 1. The molecule has 1 N–H and O–H groups in total. The van der Waals surface area contributed by atoms with Gasteiger partial charge in [0.1, 0.15) is 11.6 Å². The quantitative estimate of drug-likeness (QED) is 0.749. The molecule has 20 heavy (non-hydrogen) atoms. The van der Waals surface area contributed by atoms with Gasteiger partial charge in [0.2, 0.25) is 0 Å². The Morgan fingerprint density at radius 2 is 1.80 bits per heavy atom. The molecule has 2 bridgehead atoms. The molecule has 3 aliphatic rings. The second kappa shape index (κ2) is 4.69. The zero-order valence-electron chi connectivity index (χ0n) is 11.2. The van der Waals surface area contributed by atoms with Crippen molar-refractivity contribution >= 4 is 21.6 Å². The summed E-state index contributed by atoms with van der Waals surface area (Å²) in [5.41, 5.74) is 0.317. The first kappa shape index (κ1) is 13.1. The fourth-order valence-electron chi connectivity index (χ4n) is 5.07. The molecule has 1 aromatic rings. The van der Waals surface area contributed by atoms with E-state index in [4.69, 9.17) is 0 Å². The molecule has 0 radical (unpaired) electrons. The smallest absolute Gasteiger partial charge is 0.147 e. The average Bonchev–Trinajstić information content (AvgIpc) is 3.07. The topological polar surface area (TPSA) is 12.0 Å². The summed E-state index contributed by atoms with van der Waals surface area (Å²) in [6.45, 7) is 0. The van der Waals surface area contributed by atoms with Crippen LogP contribution in [0.4, 0.5) is 14.5 Å². The van der Waals surface area contributed by atoms with Crippen LogP contribution in [0.5, 0.6) is 0 Å². The summed E-state index contributed by atoms with van der Waals surface area (Å²) in [6, 6.07) is 2.82. The molecule has 4 heteroatoms. The van der Waals surface area contributed by atoms with E-state index in [2.05, 4.69) is 21.2 Å². The van der Waals surface area contributed by atoms with Crippen molar-refractivity contribution in [3.63, 3.8) is 0 Å². The van der Waals surface area contributed by atoms with Crippen molar-refractivity contribution in [1.29, 1.82) is 0 Å². The van der Waals surface area contributed by atoms with Crippen molar-refractivity contribution in [3.05, 3.63) is 28.2 Å². The van der Waals surface area contributed by atoms with Crippen LogP contribution in [0, 0.1) is 35.3 Å². The van der Waals surface area contributed by atoms with Crippen LogP contribution < -0.4 is 5.32 Å². The monoisotopic (exact) mass is 341 g/mol. The lowest BCUT2D eigenvalue weighted by Gasteiger charge is -2.32. The van der Waals surface area contributed by atoms with Gasteiger partial charge < -0.3 is 5.32 Å². The van der Waals surface area contributed by atoms with E-state index in [1.54, 1.807) is 0 Å². The predicted octanol–water partition coefficient (Wildman–Crippen LogP) is 4.96. The highest BCUT2D eigenvalue weighted by molar-refractivity contribution is 9.10. The zero-order chi connectivity index (χ0) is 13.9. The van der Waals surface area contributed by atoms with E-state index in [0.717, 1.165) is 24.2 Å². The maximum Gasteiger partial charge on any atom is 0.147 e. The lowest BCUT2D eigenvalue weighted by Crippen LogP contribution is -2.34. The predicted molar refractivity (Wildman–Crippen MR) is 78.5 cm³/mol. The largest absolute Gasteiger partial charge is 0.380 e. The summed E-state index contributed by atoms with van der Waals surface area (Å²) in [7, 11) is 0. The van der Waals surface area contributed by atoms with Gasteiger partial charge in [0, 0.05) is 12.1 Å². The van der Waals surface area contributed by atoms with E-state index in [0.29, 0.717) is 17.6 Å². The Morgan fingerprint density at radius 3 is 2.65 bits per heavy atom. The normalized spacial score (nSPS) is 38.2. The van der Waals surface area contributed by atoms with Crippen molar-refractivity contribution in [2.45, 2.75) is 38.1 Å². The fraction of sp³-hybridized carbons (Fsp3) is 0.625. The van der Waals surface area contributed by atoms with Crippen LogP contribution in [0.1, 0.15) is 32.1 Å². The highest BCUT2D eigenvalue weighted by Gasteiger charge is 2.53. The maximum atomic E-state index is 13.9. The molecule has 3 aliphatic carbocycles. The van der Waals surface area contributed by atoms with Gasteiger partial charge in [-0.2, -0.15) is 0 Å². The van der Waals surface area contributed by atoms with Crippen LogP contribution in [0.25, 0.3) is 0 Å². The SMILES string of the molecule is Fc1cc(NC2CC3CC2C2CCCC32)c(F)cc1Br. The summed E-state index contributed by atoms with van der Waals surface area (Å²) in [5.74, 6) is 2.45. The van der Waals surface area contributed by atoms with E-state index in [1.165, 1.54) is 37.8 Å². The second-order valence-electron chi connectivity index (χ2n) is 6.65. The van der Waals surface area contributed by atoms with Crippen molar-refractivity contribution in [3.8, 4) is 0 Å². The number of halogens is 3. The lowest BCUT2D eigenvalue weighted by atomic mass is 9.79. The highest BCUT2D eigenvalue weighted by atomic mass is 79.9. The van der Waals surface area contributed by atoms with Crippen molar-refractivity contribution < 1.29 is 8.78 Å². The molecule has 108 valence electrons. The molecule has 5 atom stereocenters. The van der Waals surface area contributed by atoms with Crippen molar-refractivity contribution in [2.24, 2.45) is 23.7 Å². The van der Waals surface area contributed by atoms with Crippen LogP contribution in [0.15, 0.2) is 16.6 Å². The van der Waals surface area contributed by atoms with Gasteiger partial charge in [0.25, 0.3) is 0 Å². The molecular formula is C16H18BrF2N. The minimum Gasteiger partial charge on any atom is -0.380 e. The Labute approximate surface area is 126 Å². The molecule has 3 fully saturated rings. The van der Waals surface area contributed by atoms with E-state index in [9.17, 15) is 8.78 Å². The first-order valence-electron chi connectivity index (χ1n) is 7.54. The lowest BCUT2D eigenvalue weighted by molar-refractivity contribution is 0.243. The first-order chi connectivity index (χ1) is 9.63. The summed E-state index contributed by atoms with van der Waals surface area (Å²) in [6.07, 6.45) is 6.49. The number of fused-ring (bicyclic) bond motifs is 5. The Kier molecular flexibility index (Phi) is 3.06. The molecule has 4 rings (SSSR count). The fourth-order valence-corrected chi connectivity index (χ4v) is 5.38. The number of nitrogens with one attached hydrogen (secondary N) is 1. The van der Waals surface area contributed by atoms with Crippen LogP contribution in [0.2, 0.25) is 0 Å². The molecule has 0 heterocycles. The summed E-state index contributed by atoms with van der Waals surface area (Å²) in [5, 5.41) is 3.29. The van der Waals surface area contributed by atoms with Gasteiger partial charge in [-0.3, -0.25) is 0 Å². The summed E-state index contributed by atoms with van der Waals surface area (Å²) < 4.78 is 27.7. The maximum absolute atomic E-state index is 13.9. The van der Waals surface area contributed by atoms with E-state index in [1.807, 2.05) is 0 Å². The van der Waals surface area contributed by atoms with Crippen molar-refractivity contribution in [1.82, 2.24) is 0 Å². The summed E-state index contributed by atoms with van der Waals surface area (Å²) >= 11 is 3.02. The van der Waals surface area contributed by atoms with E-state index < -0.39 is 5.82 Å². The van der Waals surface area contributed by atoms with Gasteiger partial charge in [0.15, 0.2) is 0 Å². The van der Waals surface area contributed by atoms with Gasteiger partial charge in [-0.1, -0.05) is 6.42 Å². The van der Waals surface area contributed by atoms with Gasteiger partial charge in [0.05, 0.1) is 10.2 Å². The minimum atomic E-state index is -0.407. The minimum absolute atomic E-state index is 0.185. The molecule has 1 nitrogen and oxygen atoms in total. The third-order valence-corrected chi connectivity index (χ3v) is 6.39. The van der Waals surface area contributed by atoms with Gasteiger partial charge in [-0.25, -0.2) is 8.78 Å². The average molecular weight is 342 g/mol. The van der Waals surface area contributed by atoms with Gasteiger partial charge >= 0.3 is 0 Å². The Morgan fingerprint density at radius 1 is 1.00 bits per heavy atom. The molecule has 1 aromatic carbocycles. The molecular weight excluding hydrogens is 324 g/mol. The Balaban J connectivity index is 1.55. The number of hydrogen-bond acceptors (Lipinski definition) is 1. The van der Waals surface area contributed by atoms with Crippen LogP contribution in [-0.4, -0.2) is 6.04 Å². The van der Waals surface area contributed by atoms with Gasteiger partial charge in [-0.15, -0.1) is 0 Å². The van der Waals surface area contributed by atoms with E-state index >= 15 is 0 Å². The third-order valence-electron chi connectivity index (χ3n) is 5.78. The highest BCUT2D eigenvalue weighted by Crippen LogP contribution is 2.59. The van der Waals surface area contributed by atoms with Crippen LogP contribution >= 0.6 is 15.9 Å². The number of rotatable bonds is 2. The van der Waals surface area contributed by atoms with Crippen LogP contribution in [-0.2, 0) is 0 Å². The second-order valence-corrected chi connectivity index (χ2v) is 7.51. The van der Waals surface area contributed by atoms with Crippen molar-refractivity contribution in [2.75, 3.05) is 5.32 Å². The Hall–Kier alpha value is -0.640. The molecule has 5 unspecified atom stereocenters. The van der Waals surface area contributed by atoms with Gasteiger partial charge in [-0.05, 0) is 71.4 Å². The third kappa shape index (κ3) is 1.91. The first-order valence-corrected chi connectivity index (χ1v) is 8.34. The Bertz CT molecular complexity index is 548. The molecule has 0 saturated heterocycles. The molecule has 0 spiro atoms. The molecule has 3 saturated carbocycles. The van der Waals surface area contributed by atoms with E-state index in [-0.39, 0.29) is 10.3 Å². The van der Waals surface area contributed by atoms with Crippen LogP contribution in [0.3, 0.4) is 0 Å². The standard InChI is InChI=1S/C16H18BrF2N/c17-12-6-14(19)16(7-13(12)18)20-15-5-8-4-11(15)10-3-1-2-9(8)10/h6-11,15,20H,1-5H2. The zero-order valence-corrected chi connectivity index (χ0v) is 12.8. The molecule has 0 amide bonds. The summed E-state index contributed by atoms with van der Waals surface area (Å²) in [4.78, 5) is 0. The number of hydrogen-bond donors (Lipinski definition) is 1.